The Labute approximate surface area is 112 Å². The molecule has 92 valence electrons. The number of nitrogens with zero attached hydrogens (tertiary/aromatic N) is 1. The summed E-state index contributed by atoms with van der Waals surface area (Å²) in [7, 11) is 0. The summed E-state index contributed by atoms with van der Waals surface area (Å²) >= 11 is 1.75. The summed E-state index contributed by atoms with van der Waals surface area (Å²) in [5.74, 6) is 0. The molecule has 0 aliphatic heterocycles. The molecule has 0 amide bonds. The van der Waals surface area contributed by atoms with Gasteiger partial charge in [-0.1, -0.05) is 50.2 Å². The third-order valence-electron chi connectivity index (χ3n) is 2.56. The minimum Gasteiger partial charge on any atom is -0.236 e. The summed E-state index contributed by atoms with van der Waals surface area (Å²) in [5.41, 5.74) is 3.58. The van der Waals surface area contributed by atoms with Gasteiger partial charge in [-0.3, -0.25) is 0 Å². The van der Waals surface area contributed by atoms with Crippen LogP contribution in [0.1, 0.15) is 19.4 Å². The molecule has 1 nitrogen and oxygen atoms in total. The quantitative estimate of drug-likeness (QED) is 0.575. The Bertz CT molecular complexity index is 626. The van der Waals surface area contributed by atoms with E-state index in [1.807, 2.05) is 32.0 Å². The standard InChI is InChI=1S/C14H11NS.C2H6/c1-10-7-8-12-13(9-10)16-14(15-12)11-5-3-2-4-6-11;1-2/h2-9H,1H3;1-2H3. The first-order valence-corrected chi connectivity index (χ1v) is 7.07. The van der Waals surface area contributed by atoms with E-state index in [1.54, 1.807) is 11.3 Å². The molecule has 0 saturated carbocycles. The smallest absolute Gasteiger partial charge is 0.124 e. The van der Waals surface area contributed by atoms with Crippen molar-refractivity contribution in [3.05, 3.63) is 54.1 Å². The van der Waals surface area contributed by atoms with Crippen LogP contribution in [-0.2, 0) is 0 Å². The van der Waals surface area contributed by atoms with Crippen LogP contribution in [0.25, 0.3) is 20.8 Å². The zero-order valence-corrected chi connectivity index (χ0v) is 11.8. The number of benzene rings is 2. The Hall–Kier alpha value is -1.67. The average Bonchev–Trinajstić information content (AvgIpc) is 2.85. The van der Waals surface area contributed by atoms with Crippen LogP contribution >= 0.6 is 11.3 Å². The fourth-order valence-corrected chi connectivity index (χ4v) is 2.81. The zero-order valence-electron chi connectivity index (χ0n) is 11.0. The second kappa shape index (κ2) is 5.78. The minimum absolute atomic E-state index is 1.09. The summed E-state index contributed by atoms with van der Waals surface area (Å²) in [6.07, 6.45) is 0. The number of rotatable bonds is 1. The summed E-state index contributed by atoms with van der Waals surface area (Å²) in [4.78, 5) is 4.64. The maximum Gasteiger partial charge on any atom is 0.124 e. The molecule has 0 atom stereocenters. The van der Waals surface area contributed by atoms with Crippen molar-refractivity contribution in [2.24, 2.45) is 0 Å². The topological polar surface area (TPSA) is 12.9 Å². The second-order valence-electron chi connectivity index (χ2n) is 3.86. The van der Waals surface area contributed by atoms with E-state index in [0.29, 0.717) is 0 Å². The van der Waals surface area contributed by atoms with E-state index in [4.69, 9.17) is 0 Å². The highest BCUT2D eigenvalue weighted by molar-refractivity contribution is 7.21. The van der Waals surface area contributed by atoms with Gasteiger partial charge >= 0.3 is 0 Å². The van der Waals surface area contributed by atoms with Crippen LogP contribution in [0, 0.1) is 6.92 Å². The highest BCUT2D eigenvalue weighted by Gasteiger charge is 2.05. The minimum atomic E-state index is 1.09. The fourth-order valence-electron chi connectivity index (χ4n) is 1.74. The van der Waals surface area contributed by atoms with E-state index >= 15 is 0 Å². The van der Waals surface area contributed by atoms with Crippen LogP contribution in [0.3, 0.4) is 0 Å². The lowest BCUT2D eigenvalue weighted by Gasteiger charge is -1.92. The maximum atomic E-state index is 4.64. The van der Waals surface area contributed by atoms with Gasteiger partial charge in [0.15, 0.2) is 0 Å². The first-order chi connectivity index (χ1) is 8.83. The third kappa shape index (κ3) is 2.59. The van der Waals surface area contributed by atoms with Crippen molar-refractivity contribution < 1.29 is 0 Å². The fraction of sp³-hybridized carbons (Fsp3) is 0.188. The van der Waals surface area contributed by atoms with Crippen molar-refractivity contribution in [3.8, 4) is 10.6 Å². The van der Waals surface area contributed by atoms with Crippen LogP contribution in [-0.4, -0.2) is 4.98 Å². The number of aromatic nitrogens is 1. The summed E-state index contributed by atoms with van der Waals surface area (Å²) in [6.45, 7) is 6.11. The lowest BCUT2D eigenvalue weighted by Crippen LogP contribution is -1.74. The number of thiazole rings is 1. The molecular weight excluding hydrogens is 238 g/mol. The highest BCUT2D eigenvalue weighted by Crippen LogP contribution is 2.30. The summed E-state index contributed by atoms with van der Waals surface area (Å²) in [6, 6.07) is 16.7. The van der Waals surface area contributed by atoms with Gasteiger partial charge in [-0.15, -0.1) is 11.3 Å². The van der Waals surface area contributed by atoms with Gasteiger partial charge in [0.1, 0.15) is 5.01 Å². The monoisotopic (exact) mass is 255 g/mol. The Morgan fingerprint density at radius 2 is 1.67 bits per heavy atom. The van der Waals surface area contributed by atoms with Crippen molar-refractivity contribution in [2.45, 2.75) is 20.8 Å². The molecule has 1 aromatic heterocycles. The van der Waals surface area contributed by atoms with Crippen LogP contribution < -0.4 is 0 Å². The Kier molecular flexibility index (Phi) is 4.11. The van der Waals surface area contributed by atoms with Crippen molar-refractivity contribution in [3.63, 3.8) is 0 Å². The SMILES string of the molecule is CC.Cc1ccc2nc(-c3ccccc3)sc2c1. The largest absolute Gasteiger partial charge is 0.236 e. The number of fused-ring (bicyclic) bond motifs is 1. The summed E-state index contributed by atoms with van der Waals surface area (Å²) < 4.78 is 1.26. The molecule has 0 spiro atoms. The first-order valence-electron chi connectivity index (χ1n) is 6.25. The van der Waals surface area contributed by atoms with E-state index < -0.39 is 0 Å². The molecular formula is C16H17NS. The van der Waals surface area contributed by atoms with Gasteiger partial charge in [0.25, 0.3) is 0 Å². The van der Waals surface area contributed by atoms with E-state index in [1.165, 1.54) is 15.8 Å². The predicted octanol–water partition coefficient (Wildman–Crippen LogP) is 5.30. The van der Waals surface area contributed by atoms with E-state index in [-0.39, 0.29) is 0 Å². The van der Waals surface area contributed by atoms with E-state index in [0.717, 1.165) is 10.5 Å². The Balaban J connectivity index is 0.000000574. The molecule has 3 aromatic rings. The Morgan fingerprint density at radius 1 is 0.944 bits per heavy atom. The molecule has 1 heterocycles. The normalized spacial score (nSPS) is 9.94. The first kappa shape index (κ1) is 12.8. The molecule has 0 bridgehead atoms. The van der Waals surface area contributed by atoms with Gasteiger partial charge in [0.2, 0.25) is 0 Å². The number of hydrogen-bond acceptors (Lipinski definition) is 2. The lowest BCUT2D eigenvalue weighted by molar-refractivity contribution is 1.45. The molecule has 0 fully saturated rings. The van der Waals surface area contributed by atoms with Gasteiger partial charge in [-0.25, -0.2) is 4.98 Å². The van der Waals surface area contributed by atoms with Crippen molar-refractivity contribution in [1.29, 1.82) is 0 Å². The number of aryl methyl sites for hydroxylation is 1. The third-order valence-corrected chi connectivity index (χ3v) is 3.63. The lowest BCUT2D eigenvalue weighted by atomic mass is 10.2. The maximum absolute atomic E-state index is 4.64. The zero-order chi connectivity index (χ0) is 13.0. The van der Waals surface area contributed by atoms with Crippen molar-refractivity contribution >= 4 is 21.6 Å². The van der Waals surface area contributed by atoms with Gasteiger partial charge in [0, 0.05) is 5.56 Å². The van der Waals surface area contributed by atoms with Gasteiger partial charge < -0.3 is 0 Å². The molecule has 2 heteroatoms. The van der Waals surface area contributed by atoms with Crippen LogP contribution in [0.4, 0.5) is 0 Å². The van der Waals surface area contributed by atoms with E-state index in [2.05, 4.69) is 42.2 Å². The molecule has 0 unspecified atom stereocenters. The molecule has 2 aromatic carbocycles. The summed E-state index contributed by atoms with van der Waals surface area (Å²) in [5, 5.41) is 1.10. The molecule has 18 heavy (non-hydrogen) atoms. The molecule has 0 N–H and O–H groups in total. The molecule has 0 aliphatic rings. The van der Waals surface area contributed by atoms with Gasteiger partial charge in [0.05, 0.1) is 10.2 Å². The highest BCUT2D eigenvalue weighted by atomic mass is 32.1. The van der Waals surface area contributed by atoms with Gasteiger partial charge in [-0.2, -0.15) is 0 Å². The van der Waals surface area contributed by atoms with Crippen molar-refractivity contribution in [2.75, 3.05) is 0 Å². The second-order valence-corrected chi connectivity index (χ2v) is 4.89. The van der Waals surface area contributed by atoms with Crippen LogP contribution in [0.5, 0.6) is 0 Å². The predicted molar refractivity (Wildman–Crippen MR) is 81.1 cm³/mol. The van der Waals surface area contributed by atoms with Crippen molar-refractivity contribution in [1.82, 2.24) is 4.98 Å². The van der Waals surface area contributed by atoms with E-state index in [9.17, 15) is 0 Å². The molecule has 3 rings (SSSR count). The molecule has 0 saturated heterocycles. The average molecular weight is 255 g/mol. The Morgan fingerprint density at radius 3 is 2.39 bits per heavy atom. The van der Waals surface area contributed by atoms with Gasteiger partial charge in [-0.05, 0) is 24.6 Å². The van der Waals surface area contributed by atoms with Crippen LogP contribution in [0.15, 0.2) is 48.5 Å². The molecule has 0 aliphatic carbocycles. The molecule has 0 radical (unpaired) electrons. The van der Waals surface area contributed by atoms with Crippen LogP contribution in [0.2, 0.25) is 0 Å². The number of hydrogen-bond donors (Lipinski definition) is 0.